The molecule has 0 radical (unpaired) electrons. The number of halogens is 18. The smallest absolute Gasteiger partial charge is 0.201 e. The second kappa shape index (κ2) is 6.94. The van der Waals surface area contributed by atoms with Gasteiger partial charge >= 0.3 is 37.4 Å². The van der Waals surface area contributed by atoms with E-state index in [0.717, 1.165) is 0 Å². The molecule has 0 unspecified atom stereocenters. The fourth-order valence-electron chi connectivity index (χ4n) is 1.45. The number of allylic oxidation sites excluding steroid dienone is 1. The van der Waals surface area contributed by atoms with Crippen molar-refractivity contribution in [2.24, 2.45) is 0 Å². The van der Waals surface area contributed by atoms with Crippen molar-refractivity contribution in [3.8, 4) is 0 Å². The van der Waals surface area contributed by atoms with E-state index in [2.05, 4.69) is 0 Å². The van der Waals surface area contributed by atoms with E-state index >= 15 is 0 Å². The van der Waals surface area contributed by atoms with Crippen LogP contribution in [0.3, 0.4) is 0 Å². The third kappa shape index (κ3) is 5.63. The van der Waals surface area contributed by atoms with Gasteiger partial charge in [-0.15, -0.1) is 26.3 Å². The minimum Gasteiger partial charge on any atom is -0.201 e. The van der Waals surface area contributed by atoms with Gasteiger partial charge in [0.1, 0.15) is 0 Å². The average molecular weight is 466 g/mol. The van der Waals surface area contributed by atoms with Crippen LogP contribution in [0.15, 0.2) is 11.5 Å². The fourth-order valence-corrected chi connectivity index (χ4v) is 1.45. The summed E-state index contributed by atoms with van der Waals surface area (Å²) < 4.78 is 223. The molecule has 0 aliphatic rings. The van der Waals surface area contributed by atoms with Gasteiger partial charge in [0.15, 0.2) is 5.70 Å². The van der Waals surface area contributed by atoms with Crippen LogP contribution in [0.2, 0.25) is 0 Å². The summed E-state index contributed by atoms with van der Waals surface area (Å²) in [5.74, 6) is -5.37. The second-order valence-electron chi connectivity index (χ2n) is 4.24. The van der Waals surface area contributed by atoms with Gasteiger partial charge in [0.25, 0.3) is 0 Å². The van der Waals surface area contributed by atoms with Crippen LogP contribution in [0.4, 0.5) is 79.0 Å². The third-order valence-corrected chi connectivity index (χ3v) is 2.26. The van der Waals surface area contributed by atoms with E-state index in [9.17, 15) is 79.0 Å². The number of hydrogen-bond donors (Lipinski definition) is 0. The van der Waals surface area contributed by atoms with Crippen molar-refractivity contribution in [2.75, 3.05) is 0 Å². The molecule has 0 bridgehead atoms. The zero-order valence-corrected chi connectivity index (χ0v) is 11.7. The Bertz CT molecular complexity index is 553. The number of hydrogen-bond acceptors (Lipinski definition) is 2. The van der Waals surface area contributed by atoms with E-state index in [1.54, 1.807) is 0 Å². The SMILES string of the molecule is FC(=C(N(C(F)(F)F)C(F)(F)F)C(F)(F)F)C(F)(F)N(C(F)(F)F)C(F)(F)F. The van der Waals surface area contributed by atoms with Crippen LogP contribution >= 0.6 is 0 Å². The van der Waals surface area contributed by atoms with Gasteiger partial charge in [-0.25, -0.2) is 4.39 Å². The molecule has 0 rings (SSSR count). The first-order valence-corrected chi connectivity index (χ1v) is 5.49. The normalized spacial score (nSPS) is 16.4. The summed E-state index contributed by atoms with van der Waals surface area (Å²) in [6.07, 6.45) is -37.4. The van der Waals surface area contributed by atoms with Gasteiger partial charge in [-0.2, -0.15) is 53.2 Å². The minimum absolute atomic E-state index is 4.05. The Kier molecular flexibility index (Phi) is 6.50. The van der Waals surface area contributed by atoms with E-state index in [0.29, 0.717) is 0 Å². The molecule has 0 aliphatic carbocycles. The summed E-state index contributed by atoms with van der Waals surface area (Å²) in [7, 11) is 0. The van der Waals surface area contributed by atoms with Crippen LogP contribution in [-0.4, -0.2) is 47.2 Å². The van der Waals surface area contributed by atoms with Crippen molar-refractivity contribution in [1.82, 2.24) is 9.80 Å². The molecule has 20 heteroatoms. The van der Waals surface area contributed by atoms with Gasteiger partial charge in [-0.3, -0.25) is 0 Å². The molecule has 0 atom stereocenters. The molecular formula is C8F18N2. The summed E-state index contributed by atoms with van der Waals surface area (Å²) in [5.41, 5.74) is -5.20. The van der Waals surface area contributed by atoms with Gasteiger partial charge in [0, 0.05) is 0 Å². The number of rotatable bonds is 3. The Morgan fingerprint density at radius 1 is 0.464 bits per heavy atom. The van der Waals surface area contributed by atoms with Gasteiger partial charge in [-0.05, 0) is 0 Å². The highest BCUT2D eigenvalue weighted by atomic mass is 19.4. The Labute approximate surface area is 139 Å². The summed E-state index contributed by atoms with van der Waals surface area (Å²) in [6, 6.07) is -7.73. The van der Waals surface area contributed by atoms with Crippen molar-refractivity contribution in [2.45, 2.75) is 37.4 Å². The van der Waals surface area contributed by atoms with Crippen molar-refractivity contribution in [1.29, 1.82) is 0 Å². The molecule has 0 aliphatic heterocycles. The van der Waals surface area contributed by atoms with Crippen LogP contribution in [0.5, 0.6) is 0 Å². The predicted molar refractivity (Wildman–Crippen MR) is 47.0 cm³/mol. The van der Waals surface area contributed by atoms with Crippen molar-refractivity contribution >= 4 is 0 Å². The lowest BCUT2D eigenvalue weighted by Gasteiger charge is -2.36. The van der Waals surface area contributed by atoms with Gasteiger partial charge in [0.2, 0.25) is 5.83 Å². The van der Waals surface area contributed by atoms with E-state index in [1.807, 2.05) is 0 Å². The molecule has 0 amide bonds. The second-order valence-corrected chi connectivity index (χ2v) is 4.24. The summed E-state index contributed by atoms with van der Waals surface area (Å²) in [5, 5.41) is 0. The van der Waals surface area contributed by atoms with Crippen molar-refractivity contribution in [3.63, 3.8) is 0 Å². The highest BCUT2D eigenvalue weighted by molar-refractivity contribution is 5.20. The Hall–Kier alpha value is -1.76. The molecule has 28 heavy (non-hydrogen) atoms. The Morgan fingerprint density at radius 2 is 0.750 bits per heavy atom. The molecule has 0 saturated carbocycles. The molecule has 0 N–H and O–H groups in total. The van der Waals surface area contributed by atoms with Crippen LogP contribution in [0, 0.1) is 0 Å². The lowest BCUT2D eigenvalue weighted by atomic mass is 10.2. The largest absolute Gasteiger partial charge is 0.491 e. The molecule has 0 aromatic rings. The fraction of sp³-hybridized carbons (Fsp3) is 0.750. The van der Waals surface area contributed by atoms with E-state index in [4.69, 9.17) is 0 Å². The van der Waals surface area contributed by atoms with E-state index in [1.165, 1.54) is 0 Å². The third-order valence-electron chi connectivity index (χ3n) is 2.26. The number of nitrogens with zero attached hydrogens (tertiary/aromatic N) is 2. The minimum atomic E-state index is -7.73. The molecule has 0 saturated heterocycles. The van der Waals surface area contributed by atoms with E-state index in [-0.39, 0.29) is 0 Å². The van der Waals surface area contributed by atoms with Crippen LogP contribution in [0.25, 0.3) is 0 Å². The maximum Gasteiger partial charge on any atom is 0.491 e. The summed E-state index contributed by atoms with van der Waals surface area (Å²) in [6.45, 7) is 0. The van der Waals surface area contributed by atoms with Crippen LogP contribution in [-0.2, 0) is 0 Å². The van der Waals surface area contributed by atoms with Gasteiger partial charge in [-0.1, -0.05) is 4.90 Å². The average Bonchev–Trinajstić information content (AvgIpc) is 2.25. The first-order chi connectivity index (χ1) is 11.8. The molecule has 0 heterocycles. The zero-order chi connectivity index (χ0) is 23.3. The highest BCUT2D eigenvalue weighted by Crippen LogP contribution is 2.51. The van der Waals surface area contributed by atoms with Crippen LogP contribution < -0.4 is 0 Å². The molecule has 0 aromatic heterocycles. The highest BCUT2D eigenvalue weighted by Gasteiger charge is 2.71. The van der Waals surface area contributed by atoms with E-state index < -0.39 is 58.7 Å². The Balaban J connectivity index is 7.19. The predicted octanol–water partition coefficient (Wildman–Crippen LogP) is 6.01. The van der Waals surface area contributed by atoms with Gasteiger partial charge < -0.3 is 0 Å². The molecule has 168 valence electrons. The topological polar surface area (TPSA) is 6.48 Å². The number of alkyl halides is 17. The maximum absolute atomic E-state index is 13.3. The molecule has 0 fully saturated rings. The molecule has 2 nitrogen and oxygen atoms in total. The molecular weight excluding hydrogens is 466 g/mol. The van der Waals surface area contributed by atoms with Crippen molar-refractivity contribution < 1.29 is 79.0 Å². The lowest BCUT2D eigenvalue weighted by molar-refractivity contribution is -0.435. The standard InChI is InChI=1S/C8F18N2/c9-1(4(13,14)28(7(21,22)23)8(24,25)26)2(3(10,11)12)27(5(15,16)17)6(18,19)20. The summed E-state index contributed by atoms with van der Waals surface area (Å²) in [4.78, 5) is -8.30. The molecule has 0 aromatic carbocycles. The van der Waals surface area contributed by atoms with Crippen molar-refractivity contribution in [3.05, 3.63) is 11.5 Å². The zero-order valence-electron chi connectivity index (χ0n) is 11.7. The van der Waals surface area contributed by atoms with Gasteiger partial charge in [0.05, 0.1) is 0 Å². The monoisotopic (exact) mass is 466 g/mol. The first-order valence-electron chi connectivity index (χ1n) is 5.49. The Morgan fingerprint density at radius 3 is 0.929 bits per heavy atom. The molecule has 0 spiro atoms. The first kappa shape index (κ1) is 26.2. The lowest BCUT2D eigenvalue weighted by Crippen LogP contribution is -2.59. The quantitative estimate of drug-likeness (QED) is 0.372. The van der Waals surface area contributed by atoms with Crippen LogP contribution in [0.1, 0.15) is 0 Å². The maximum atomic E-state index is 13.3. The summed E-state index contributed by atoms with van der Waals surface area (Å²) >= 11 is 0.